The Morgan fingerprint density at radius 1 is 1.17 bits per heavy atom. The van der Waals surface area contributed by atoms with Crippen molar-refractivity contribution in [3.05, 3.63) is 83.7 Å². The van der Waals surface area contributed by atoms with Crippen molar-refractivity contribution in [2.75, 3.05) is 32.5 Å². The van der Waals surface area contributed by atoms with Gasteiger partial charge in [-0.15, -0.1) is 0 Å². The first kappa shape index (κ1) is 29.4. The number of aromatic nitrogens is 2. The Labute approximate surface area is 244 Å². The molecule has 3 aromatic rings. The number of likely N-dealkylation sites (tertiary alicyclic amines) is 1. The van der Waals surface area contributed by atoms with Crippen LogP contribution in [-0.4, -0.2) is 54.6 Å². The number of halogens is 2. The number of nitrogens with one attached hydrogen (secondary N) is 2. The van der Waals surface area contributed by atoms with Crippen LogP contribution in [0.1, 0.15) is 49.0 Å². The molecule has 220 valence electrons. The molecule has 0 aliphatic carbocycles. The summed E-state index contributed by atoms with van der Waals surface area (Å²) in [5.41, 5.74) is 2.17. The summed E-state index contributed by atoms with van der Waals surface area (Å²) in [6.45, 7) is 6.97. The van der Waals surface area contributed by atoms with Gasteiger partial charge in [-0.05, 0) is 62.2 Å². The van der Waals surface area contributed by atoms with Crippen LogP contribution in [0.5, 0.6) is 0 Å². The maximum atomic E-state index is 14.5. The maximum absolute atomic E-state index is 14.5. The second-order valence-corrected chi connectivity index (χ2v) is 13.0. The lowest BCUT2D eigenvalue weighted by molar-refractivity contribution is 0.0749. The third kappa shape index (κ3) is 5.19. The van der Waals surface area contributed by atoms with Crippen molar-refractivity contribution in [2.24, 2.45) is 0 Å². The molecule has 5 rings (SSSR count). The number of piperidine rings is 1. The molecule has 2 aliphatic heterocycles. The Kier molecular flexibility index (Phi) is 7.94. The minimum absolute atomic E-state index is 0.0444. The van der Waals surface area contributed by atoms with E-state index in [-0.39, 0.29) is 16.9 Å². The first-order chi connectivity index (χ1) is 20.0. The van der Waals surface area contributed by atoms with Crippen LogP contribution in [0, 0.1) is 23.0 Å². The number of fused-ring (bicyclic) bond motifs is 1. The molecule has 3 heterocycles. The van der Waals surface area contributed by atoms with Crippen molar-refractivity contribution in [1.82, 2.24) is 24.3 Å². The molecule has 2 aliphatic rings. The first-order valence-electron chi connectivity index (χ1n) is 13.6. The second-order valence-electron chi connectivity index (χ2n) is 10.8. The highest BCUT2D eigenvalue weighted by Gasteiger charge is 2.41. The van der Waals surface area contributed by atoms with Gasteiger partial charge in [-0.2, -0.15) is 10.4 Å². The monoisotopic (exact) mass is 593 g/mol. The van der Waals surface area contributed by atoms with Gasteiger partial charge in [-0.25, -0.2) is 21.5 Å². The van der Waals surface area contributed by atoms with Gasteiger partial charge in [-0.3, -0.25) is 9.58 Å². The van der Waals surface area contributed by atoms with Crippen molar-refractivity contribution in [3.8, 4) is 6.07 Å². The van der Waals surface area contributed by atoms with Crippen LogP contribution >= 0.6 is 0 Å². The second kappa shape index (κ2) is 11.3. The summed E-state index contributed by atoms with van der Waals surface area (Å²) in [7, 11) is -0.613. The topological polar surface area (TPSA) is 106 Å². The summed E-state index contributed by atoms with van der Waals surface area (Å²) in [5, 5.41) is 21.2. The van der Waals surface area contributed by atoms with Gasteiger partial charge in [0, 0.05) is 56.4 Å². The quantitative estimate of drug-likeness (QED) is 0.371. The van der Waals surface area contributed by atoms with Gasteiger partial charge in [0.25, 0.3) is 0 Å². The summed E-state index contributed by atoms with van der Waals surface area (Å²) >= 11 is 0. The minimum Gasteiger partial charge on any atom is -0.361 e. The number of nitrogens with zero attached hydrogens (tertiary/aromatic N) is 5. The number of hydrogen-bond donors (Lipinski definition) is 2. The number of rotatable bonds is 8. The third-order valence-corrected chi connectivity index (χ3v) is 10.00. The van der Waals surface area contributed by atoms with Crippen molar-refractivity contribution >= 4 is 33.3 Å². The molecule has 0 amide bonds. The molecule has 9 nitrogen and oxygen atoms in total. The number of benzene rings is 2. The molecule has 0 spiro atoms. The molecular formula is C30H33F2N7O2S. The molecule has 2 aromatic carbocycles. The van der Waals surface area contributed by atoms with Crippen LogP contribution in [0.4, 0.5) is 20.3 Å². The molecule has 0 bridgehead atoms. The van der Waals surface area contributed by atoms with Crippen LogP contribution in [0.25, 0.3) is 11.8 Å². The Balaban J connectivity index is 1.46. The van der Waals surface area contributed by atoms with Crippen LogP contribution in [-0.2, 0) is 15.6 Å². The van der Waals surface area contributed by atoms with Crippen molar-refractivity contribution < 1.29 is 17.2 Å². The van der Waals surface area contributed by atoms with Crippen LogP contribution in [0.3, 0.4) is 0 Å². The minimum atomic E-state index is -3.57. The van der Waals surface area contributed by atoms with E-state index in [1.54, 1.807) is 25.3 Å². The van der Waals surface area contributed by atoms with E-state index in [4.69, 9.17) is 5.10 Å². The molecule has 1 fully saturated rings. The lowest BCUT2D eigenvalue weighted by Crippen LogP contribution is -2.47. The summed E-state index contributed by atoms with van der Waals surface area (Å²) in [6, 6.07) is 12.2. The van der Waals surface area contributed by atoms with E-state index in [1.807, 2.05) is 15.7 Å². The fourth-order valence-corrected chi connectivity index (χ4v) is 6.61. The normalized spacial score (nSPS) is 17.4. The average Bonchev–Trinajstić information content (AvgIpc) is 3.33. The van der Waals surface area contributed by atoms with Gasteiger partial charge >= 0.3 is 0 Å². The Morgan fingerprint density at radius 3 is 2.40 bits per heavy atom. The first-order valence-corrected chi connectivity index (χ1v) is 15.0. The predicted molar refractivity (Wildman–Crippen MR) is 158 cm³/mol. The van der Waals surface area contributed by atoms with Gasteiger partial charge in [0.2, 0.25) is 10.0 Å². The van der Waals surface area contributed by atoms with E-state index in [9.17, 15) is 22.5 Å². The molecule has 1 saturated heterocycles. The summed E-state index contributed by atoms with van der Waals surface area (Å²) in [4.78, 5) is 2.20. The van der Waals surface area contributed by atoms with E-state index >= 15 is 0 Å². The Bertz CT molecular complexity index is 1660. The van der Waals surface area contributed by atoms with Gasteiger partial charge < -0.3 is 10.6 Å². The smallest absolute Gasteiger partial charge is 0.242 e. The summed E-state index contributed by atoms with van der Waals surface area (Å²) in [6.07, 6.45) is 4.93. The average molecular weight is 594 g/mol. The van der Waals surface area contributed by atoms with Gasteiger partial charge in [0.05, 0.1) is 34.2 Å². The molecule has 42 heavy (non-hydrogen) atoms. The predicted octanol–water partition coefficient (Wildman–Crippen LogP) is 5.17. The van der Waals surface area contributed by atoms with Gasteiger partial charge in [-0.1, -0.05) is 12.6 Å². The number of nitriles is 1. The van der Waals surface area contributed by atoms with Gasteiger partial charge in [0.15, 0.2) is 5.82 Å². The number of sulfonamides is 1. The summed E-state index contributed by atoms with van der Waals surface area (Å²) < 4.78 is 57.1. The zero-order valence-corrected chi connectivity index (χ0v) is 24.5. The standard InChI is InChI=1S/C30H33F2N7O2S/c1-20-27-26(12-17-34-20)39(36-29(27)35-22-8-10-23(11-9-22)42(40,41)37(3)4)30(13-16-33)14-18-38(19-15-30)21(2)28-24(31)6-5-7-25(28)32/h5-12,17,21,34H,1,13-15,18-19H2,2-4H3,(H,35,36). The zero-order valence-electron chi connectivity index (χ0n) is 23.7. The molecular weight excluding hydrogens is 560 g/mol. The number of anilines is 2. The van der Waals surface area contributed by atoms with Crippen molar-refractivity contribution in [1.29, 1.82) is 5.26 Å². The van der Waals surface area contributed by atoms with E-state index in [2.05, 4.69) is 23.3 Å². The summed E-state index contributed by atoms with van der Waals surface area (Å²) in [5.74, 6) is -0.634. The highest BCUT2D eigenvalue weighted by atomic mass is 32.2. The van der Waals surface area contributed by atoms with Crippen LogP contribution in [0.2, 0.25) is 0 Å². The van der Waals surface area contributed by atoms with E-state index < -0.39 is 33.2 Å². The zero-order chi connectivity index (χ0) is 30.2. The number of hydrogen-bond acceptors (Lipinski definition) is 7. The van der Waals surface area contributed by atoms with E-state index in [1.165, 1.54) is 44.4 Å². The fourth-order valence-electron chi connectivity index (χ4n) is 5.71. The van der Waals surface area contributed by atoms with Gasteiger partial charge in [0.1, 0.15) is 11.6 Å². The molecule has 1 unspecified atom stereocenters. The maximum Gasteiger partial charge on any atom is 0.242 e. The molecule has 12 heteroatoms. The molecule has 1 aromatic heterocycles. The molecule has 2 N–H and O–H groups in total. The molecule has 0 saturated carbocycles. The van der Waals surface area contributed by atoms with E-state index in [0.29, 0.717) is 43.1 Å². The molecule has 1 atom stereocenters. The highest BCUT2D eigenvalue weighted by molar-refractivity contribution is 7.89. The SMILES string of the molecule is C=C1NC=Cc2c1c(Nc1ccc(S(=O)(=O)N(C)C)cc1)nn2C1(CC#N)CCN(C(C)c2c(F)cccc2F)CC1. The van der Waals surface area contributed by atoms with Crippen molar-refractivity contribution in [3.63, 3.8) is 0 Å². The van der Waals surface area contributed by atoms with Crippen LogP contribution in [0.15, 0.2) is 60.1 Å². The Morgan fingerprint density at radius 2 is 1.81 bits per heavy atom. The molecule has 0 radical (unpaired) electrons. The fraction of sp³-hybridized carbons (Fsp3) is 0.333. The lowest BCUT2D eigenvalue weighted by atomic mass is 9.83. The highest BCUT2D eigenvalue weighted by Crippen LogP contribution is 2.41. The van der Waals surface area contributed by atoms with Crippen LogP contribution < -0.4 is 10.6 Å². The lowest BCUT2D eigenvalue weighted by Gasteiger charge is -2.43. The Hall–Kier alpha value is -4.05. The third-order valence-electron chi connectivity index (χ3n) is 8.17. The van der Waals surface area contributed by atoms with E-state index in [0.717, 1.165) is 15.6 Å². The largest absolute Gasteiger partial charge is 0.361 e. The van der Waals surface area contributed by atoms with Crippen molar-refractivity contribution in [2.45, 2.75) is 42.7 Å².